The number of benzene rings is 1. The first-order chi connectivity index (χ1) is 8.56. The molecule has 6 heteroatoms. The number of furan rings is 1. The van der Waals surface area contributed by atoms with Gasteiger partial charge in [-0.2, -0.15) is 0 Å². The van der Waals surface area contributed by atoms with Gasteiger partial charge in [0.25, 0.3) is 0 Å². The van der Waals surface area contributed by atoms with Crippen LogP contribution in [0.2, 0.25) is 0 Å². The average molecular weight is 315 g/mol. The minimum Gasteiger partial charge on any atom is -0.485 e. The van der Waals surface area contributed by atoms with Gasteiger partial charge in [0.2, 0.25) is 0 Å². The molecular formula is C12H8BrFO4. The Morgan fingerprint density at radius 1 is 1.39 bits per heavy atom. The van der Waals surface area contributed by atoms with Crippen molar-refractivity contribution >= 4 is 21.9 Å². The summed E-state index contributed by atoms with van der Waals surface area (Å²) in [4.78, 5) is 10.9. The predicted octanol–water partition coefficient (Wildman–Crippen LogP) is 3.46. The summed E-state index contributed by atoms with van der Waals surface area (Å²) in [5.74, 6) is -1.25. The zero-order valence-corrected chi connectivity index (χ0v) is 10.6. The molecule has 0 amide bonds. The van der Waals surface area contributed by atoms with Gasteiger partial charge in [0.1, 0.15) is 29.5 Å². The van der Waals surface area contributed by atoms with E-state index in [2.05, 4.69) is 15.9 Å². The number of ether oxygens (including phenoxy) is 1. The molecule has 0 atom stereocenters. The Bertz CT molecular complexity index is 579. The van der Waals surface area contributed by atoms with Crippen molar-refractivity contribution in [3.05, 3.63) is 52.1 Å². The van der Waals surface area contributed by atoms with Gasteiger partial charge in [0.05, 0.1) is 0 Å². The van der Waals surface area contributed by atoms with Gasteiger partial charge in [0.15, 0.2) is 4.67 Å². The fourth-order valence-electron chi connectivity index (χ4n) is 1.37. The van der Waals surface area contributed by atoms with Gasteiger partial charge >= 0.3 is 5.97 Å². The van der Waals surface area contributed by atoms with Crippen LogP contribution in [0.5, 0.6) is 5.75 Å². The lowest BCUT2D eigenvalue weighted by molar-refractivity contribution is 0.0690. The Morgan fingerprint density at radius 2 is 2.17 bits per heavy atom. The van der Waals surface area contributed by atoms with Crippen LogP contribution in [0.1, 0.15) is 16.1 Å². The van der Waals surface area contributed by atoms with E-state index in [9.17, 15) is 9.18 Å². The molecule has 0 bridgehead atoms. The van der Waals surface area contributed by atoms with E-state index in [0.717, 1.165) is 12.1 Å². The van der Waals surface area contributed by atoms with Gasteiger partial charge in [-0.25, -0.2) is 9.18 Å². The molecule has 1 N–H and O–H groups in total. The molecule has 0 saturated heterocycles. The van der Waals surface area contributed by atoms with Crippen LogP contribution in [0.15, 0.2) is 39.4 Å². The summed E-state index contributed by atoms with van der Waals surface area (Å²) < 4.78 is 24.0. The van der Waals surface area contributed by atoms with Crippen LogP contribution in [-0.2, 0) is 6.61 Å². The van der Waals surface area contributed by atoms with E-state index in [4.69, 9.17) is 14.3 Å². The molecule has 0 radical (unpaired) electrons. The number of hydrogen-bond donors (Lipinski definition) is 1. The first kappa shape index (κ1) is 12.6. The van der Waals surface area contributed by atoms with Crippen LogP contribution < -0.4 is 4.74 Å². The monoisotopic (exact) mass is 314 g/mol. The SMILES string of the molecule is O=C(O)c1cc(F)ccc1OCc1ccc(Br)o1. The van der Waals surface area contributed by atoms with E-state index in [-0.39, 0.29) is 17.9 Å². The van der Waals surface area contributed by atoms with Gasteiger partial charge in [-0.15, -0.1) is 0 Å². The fourth-order valence-corrected chi connectivity index (χ4v) is 1.71. The summed E-state index contributed by atoms with van der Waals surface area (Å²) in [6, 6.07) is 6.71. The molecule has 0 aliphatic rings. The maximum Gasteiger partial charge on any atom is 0.339 e. The highest BCUT2D eigenvalue weighted by Crippen LogP contribution is 2.22. The molecule has 1 aromatic carbocycles. The maximum absolute atomic E-state index is 12.9. The van der Waals surface area contributed by atoms with Crippen LogP contribution in [0.4, 0.5) is 4.39 Å². The second-order valence-electron chi connectivity index (χ2n) is 3.44. The van der Waals surface area contributed by atoms with Crippen molar-refractivity contribution in [1.29, 1.82) is 0 Å². The fraction of sp³-hybridized carbons (Fsp3) is 0.0833. The number of hydrogen-bond acceptors (Lipinski definition) is 3. The Hall–Kier alpha value is -1.82. The zero-order chi connectivity index (χ0) is 13.1. The number of aromatic carboxylic acids is 1. The second kappa shape index (κ2) is 5.22. The van der Waals surface area contributed by atoms with E-state index < -0.39 is 11.8 Å². The highest BCUT2D eigenvalue weighted by molar-refractivity contribution is 9.10. The molecule has 0 saturated carbocycles. The standard InChI is InChI=1S/C12H8BrFO4/c13-11-4-2-8(18-11)6-17-10-3-1-7(14)5-9(10)12(15)16/h1-5H,6H2,(H,15,16). The summed E-state index contributed by atoms with van der Waals surface area (Å²) in [5, 5.41) is 8.91. The summed E-state index contributed by atoms with van der Waals surface area (Å²) in [6.07, 6.45) is 0. The first-order valence-corrected chi connectivity index (χ1v) is 5.75. The first-order valence-electron chi connectivity index (χ1n) is 4.96. The zero-order valence-electron chi connectivity index (χ0n) is 9.02. The van der Waals surface area contributed by atoms with Gasteiger partial charge in [-0.1, -0.05) is 0 Å². The lowest BCUT2D eigenvalue weighted by Gasteiger charge is -2.07. The van der Waals surface area contributed by atoms with Crippen molar-refractivity contribution in [3.8, 4) is 5.75 Å². The van der Waals surface area contributed by atoms with Crippen LogP contribution in [0.25, 0.3) is 0 Å². The molecule has 1 heterocycles. The van der Waals surface area contributed by atoms with Crippen LogP contribution >= 0.6 is 15.9 Å². The summed E-state index contributed by atoms with van der Waals surface area (Å²) in [7, 11) is 0. The van der Waals surface area contributed by atoms with Crippen molar-refractivity contribution in [2.45, 2.75) is 6.61 Å². The van der Waals surface area contributed by atoms with Crippen LogP contribution in [0.3, 0.4) is 0 Å². The van der Waals surface area contributed by atoms with Crippen molar-refractivity contribution in [2.24, 2.45) is 0 Å². The molecule has 1 aromatic heterocycles. The molecule has 0 fully saturated rings. The minimum atomic E-state index is -1.25. The van der Waals surface area contributed by atoms with Crippen molar-refractivity contribution in [2.75, 3.05) is 0 Å². The smallest absolute Gasteiger partial charge is 0.339 e. The summed E-state index contributed by atoms with van der Waals surface area (Å²) >= 11 is 3.14. The van der Waals surface area contributed by atoms with Crippen molar-refractivity contribution in [1.82, 2.24) is 0 Å². The normalized spacial score (nSPS) is 10.3. The minimum absolute atomic E-state index is 0.0670. The molecule has 0 aliphatic heterocycles. The molecule has 0 spiro atoms. The molecule has 2 rings (SSSR count). The molecule has 94 valence electrons. The van der Waals surface area contributed by atoms with E-state index in [0.29, 0.717) is 10.4 Å². The topological polar surface area (TPSA) is 59.7 Å². The third-order valence-corrected chi connectivity index (χ3v) is 2.60. The third-order valence-electron chi connectivity index (χ3n) is 2.17. The highest BCUT2D eigenvalue weighted by atomic mass is 79.9. The van der Waals surface area contributed by atoms with E-state index in [1.165, 1.54) is 6.07 Å². The molecule has 0 unspecified atom stereocenters. The Kier molecular flexibility index (Phi) is 3.66. The molecule has 4 nitrogen and oxygen atoms in total. The van der Waals surface area contributed by atoms with Crippen LogP contribution in [-0.4, -0.2) is 11.1 Å². The Morgan fingerprint density at radius 3 is 2.78 bits per heavy atom. The number of carboxylic acid groups (broad SMARTS) is 1. The number of halogens is 2. The largest absolute Gasteiger partial charge is 0.485 e. The average Bonchev–Trinajstić information content (AvgIpc) is 2.73. The van der Waals surface area contributed by atoms with Crippen molar-refractivity contribution in [3.63, 3.8) is 0 Å². The highest BCUT2D eigenvalue weighted by Gasteiger charge is 2.13. The van der Waals surface area contributed by atoms with Gasteiger partial charge in [-0.3, -0.25) is 0 Å². The lowest BCUT2D eigenvalue weighted by atomic mass is 10.2. The molecule has 2 aromatic rings. The van der Waals surface area contributed by atoms with E-state index in [1.807, 2.05) is 0 Å². The van der Waals surface area contributed by atoms with E-state index in [1.54, 1.807) is 12.1 Å². The van der Waals surface area contributed by atoms with Crippen molar-refractivity contribution < 1.29 is 23.4 Å². The number of carbonyl (C=O) groups is 1. The molecule has 0 aliphatic carbocycles. The summed E-state index contributed by atoms with van der Waals surface area (Å²) in [5.41, 5.74) is -0.222. The Balaban J connectivity index is 2.16. The predicted molar refractivity (Wildman–Crippen MR) is 64.1 cm³/mol. The summed E-state index contributed by atoms with van der Waals surface area (Å²) in [6.45, 7) is 0.0670. The second-order valence-corrected chi connectivity index (χ2v) is 4.22. The third kappa shape index (κ3) is 2.89. The van der Waals surface area contributed by atoms with Gasteiger partial charge < -0.3 is 14.3 Å². The number of rotatable bonds is 4. The molecule has 18 heavy (non-hydrogen) atoms. The maximum atomic E-state index is 12.9. The van der Waals surface area contributed by atoms with Gasteiger partial charge in [-0.05, 0) is 46.3 Å². The lowest BCUT2D eigenvalue weighted by Crippen LogP contribution is -2.03. The quantitative estimate of drug-likeness (QED) is 0.939. The van der Waals surface area contributed by atoms with Crippen LogP contribution in [0, 0.1) is 5.82 Å². The van der Waals surface area contributed by atoms with E-state index >= 15 is 0 Å². The van der Waals surface area contributed by atoms with Gasteiger partial charge in [0, 0.05) is 0 Å². The molecular weight excluding hydrogens is 307 g/mol. The Labute approximate surface area is 110 Å². The number of carboxylic acids is 1.